The topological polar surface area (TPSA) is 79.0 Å². The van der Waals surface area contributed by atoms with Crippen molar-refractivity contribution in [1.82, 2.24) is 4.90 Å². The van der Waals surface area contributed by atoms with E-state index in [9.17, 15) is 14.4 Å². The number of rotatable bonds is 5. The quantitative estimate of drug-likeness (QED) is 0.860. The second kappa shape index (κ2) is 8.41. The molecule has 0 aromatic heterocycles. The number of likely N-dealkylation sites (tertiary alicyclic amines) is 1. The van der Waals surface area contributed by atoms with Gasteiger partial charge in [0.05, 0.1) is 12.5 Å². The highest BCUT2D eigenvalue weighted by molar-refractivity contribution is 5.97. The van der Waals surface area contributed by atoms with Gasteiger partial charge in [-0.15, -0.1) is 0 Å². The predicted octanol–water partition coefficient (Wildman–Crippen LogP) is 3.01. The lowest BCUT2D eigenvalue weighted by Crippen LogP contribution is -2.35. The fraction of sp³-hybridized carbons (Fsp3) is 0.550. The third kappa shape index (κ3) is 4.40. The summed E-state index contributed by atoms with van der Waals surface area (Å²) in [7, 11) is 1.63. The lowest BCUT2D eigenvalue weighted by molar-refractivity contribution is -0.129. The molecule has 1 aromatic carbocycles. The van der Waals surface area contributed by atoms with Crippen molar-refractivity contribution in [2.45, 2.75) is 45.1 Å². The molecule has 1 aromatic rings. The molecule has 7 nitrogen and oxygen atoms in total. The van der Waals surface area contributed by atoms with Crippen LogP contribution in [0.4, 0.5) is 16.2 Å². The lowest BCUT2D eigenvalue weighted by atomic mass is 10.1. The van der Waals surface area contributed by atoms with Crippen molar-refractivity contribution >= 4 is 29.3 Å². The molecule has 1 heterocycles. The van der Waals surface area contributed by atoms with Crippen LogP contribution in [0, 0.1) is 5.92 Å². The van der Waals surface area contributed by atoms with Gasteiger partial charge in [-0.1, -0.05) is 12.8 Å². The van der Waals surface area contributed by atoms with Crippen molar-refractivity contribution in [3.05, 3.63) is 24.3 Å². The zero-order chi connectivity index (χ0) is 19.4. The first-order chi connectivity index (χ1) is 13.0. The number of nitrogens with one attached hydrogen (secondary N) is 1. The number of benzene rings is 1. The summed E-state index contributed by atoms with van der Waals surface area (Å²) in [5.41, 5.74) is 1.32. The van der Waals surface area contributed by atoms with Gasteiger partial charge in [-0.25, -0.2) is 4.79 Å². The van der Waals surface area contributed by atoms with E-state index in [2.05, 4.69) is 5.32 Å². The van der Waals surface area contributed by atoms with E-state index in [1.165, 1.54) is 4.90 Å². The summed E-state index contributed by atoms with van der Waals surface area (Å²) in [6.07, 6.45) is 4.29. The molecule has 2 aliphatic rings. The molecule has 7 heteroatoms. The Labute approximate surface area is 159 Å². The number of anilines is 2. The first-order valence-corrected chi connectivity index (χ1v) is 9.60. The molecule has 3 rings (SSSR count). The monoisotopic (exact) mass is 373 g/mol. The maximum absolute atomic E-state index is 12.6. The Morgan fingerprint density at radius 1 is 1.22 bits per heavy atom. The minimum absolute atomic E-state index is 0.0912. The number of hydrogen-bond donors (Lipinski definition) is 1. The van der Waals surface area contributed by atoms with Crippen LogP contribution in [0.5, 0.6) is 0 Å². The zero-order valence-corrected chi connectivity index (χ0v) is 15.9. The standard InChI is InChI=1S/C20H27N3O4/c1-3-27-20(26)22(2)16-10-8-15(9-11-16)21-19(25)14-12-18(24)23(13-14)17-6-4-5-7-17/h8-11,14,17H,3-7,12-13H2,1-2H3,(H,21,25)/t14-/m1/s1. The Morgan fingerprint density at radius 2 is 1.89 bits per heavy atom. The molecule has 3 amide bonds. The lowest BCUT2D eigenvalue weighted by Gasteiger charge is -2.23. The van der Waals surface area contributed by atoms with Crippen molar-refractivity contribution in [3.8, 4) is 0 Å². The number of nitrogens with zero attached hydrogens (tertiary/aromatic N) is 2. The molecule has 1 saturated heterocycles. The van der Waals surface area contributed by atoms with Gasteiger partial charge in [-0.2, -0.15) is 0 Å². The highest BCUT2D eigenvalue weighted by Gasteiger charge is 2.38. The van der Waals surface area contributed by atoms with Gasteiger partial charge < -0.3 is 15.0 Å². The summed E-state index contributed by atoms with van der Waals surface area (Å²) in [6, 6.07) is 7.30. The van der Waals surface area contributed by atoms with E-state index >= 15 is 0 Å². The number of amides is 3. The van der Waals surface area contributed by atoms with Crippen LogP contribution >= 0.6 is 0 Å². The second-order valence-electron chi connectivity index (χ2n) is 7.18. The highest BCUT2D eigenvalue weighted by atomic mass is 16.6. The summed E-state index contributed by atoms with van der Waals surface area (Å²) in [4.78, 5) is 39.9. The van der Waals surface area contributed by atoms with E-state index in [1.807, 2.05) is 4.90 Å². The van der Waals surface area contributed by atoms with Crippen LogP contribution in [0.25, 0.3) is 0 Å². The van der Waals surface area contributed by atoms with E-state index in [-0.39, 0.29) is 24.2 Å². The third-order valence-electron chi connectivity index (χ3n) is 5.36. The SMILES string of the molecule is CCOC(=O)N(C)c1ccc(NC(=O)[C@@H]2CC(=O)N(C3CCCC3)C2)cc1. The van der Waals surface area contributed by atoms with Gasteiger partial charge >= 0.3 is 6.09 Å². The Bertz CT molecular complexity index is 698. The molecule has 2 fully saturated rings. The minimum atomic E-state index is -0.425. The number of ether oxygens (including phenoxy) is 1. The van der Waals surface area contributed by atoms with Crippen LogP contribution in [-0.2, 0) is 14.3 Å². The Balaban J connectivity index is 1.56. The molecular formula is C20H27N3O4. The van der Waals surface area contributed by atoms with Crippen molar-refractivity contribution in [1.29, 1.82) is 0 Å². The largest absolute Gasteiger partial charge is 0.449 e. The maximum atomic E-state index is 12.6. The third-order valence-corrected chi connectivity index (χ3v) is 5.36. The molecule has 1 aliphatic heterocycles. The molecule has 1 N–H and O–H groups in total. The van der Waals surface area contributed by atoms with E-state index in [0.717, 1.165) is 25.7 Å². The predicted molar refractivity (Wildman–Crippen MR) is 103 cm³/mol. The van der Waals surface area contributed by atoms with Gasteiger partial charge in [-0.05, 0) is 44.0 Å². The van der Waals surface area contributed by atoms with Gasteiger partial charge in [0.2, 0.25) is 11.8 Å². The van der Waals surface area contributed by atoms with Crippen molar-refractivity contribution in [3.63, 3.8) is 0 Å². The molecule has 27 heavy (non-hydrogen) atoms. The molecular weight excluding hydrogens is 346 g/mol. The van der Waals surface area contributed by atoms with Crippen LogP contribution in [0.3, 0.4) is 0 Å². The number of hydrogen-bond acceptors (Lipinski definition) is 4. The Morgan fingerprint density at radius 3 is 2.52 bits per heavy atom. The van der Waals surface area contributed by atoms with Crippen molar-refractivity contribution < 1.29 is 19.1 Å². The first kappa shape index (κ1) is 19.2. The van der Waals surface area contributed by atoms with Gasteiger partial charge in [0, 0.05) is 37.4 Å². The molecule has 1 saturated carbocycles. The number of carbonyl (C=O) groups excluding carboxylic acids is 3. The number of carbonyl (C=O) groups is 3. The Kier molecular flexibility index (Phi) is 5.98. The average Bonchev–Trinajstić information content (AvgIpc) is 3.31. The van der Waals surface area contributed by atoms with Gasteiger partial charge in [0.1, 0.15) is 0 Å². The van der Waals surface area contributed by atoms with Crippen LogP contribution in [0.2, 0.25) is 0 Å². The molecule has 146 valence electrons. The molecule has 0 unspecified atom stereocenters. The summed E-state index contributed by atoms with van der Waals surface area (Å²) >= 11 is 0. The maximum Gasteiger partial charge on any atom is 0.413 e. The van der Waals surface area contributed by atoms with Gasteiger partial charge in [-0.3, -0.25) is 14.5 Å². The van der Waals surface area contributed by atoms with E-state index < -0.39 is 6.09 Å². The minimum Gasteiger partial charge on any atom is -0.449 e. The molecule has 0 spiro atoms. The summed E-state index contributed by atoms with van der Waals surface area (Å²) in [6.45, 7) is 2.58. The van der Waals surface area contributed by atoms with E-state index in [4.69, 9.17) is 4.74 Å². The van der Waals surface area contributed by atoms with Crippen LogP contribution in [-0.4, -0.2) is 49.0 Å². The molecule has 0 bridgehead atoms. The van der Waals surface area contributed by atoms with Crippen LogP contribution < -0.4 is 10.2 Å². The van der Waals surface area contributed by atoms with Crippen LogP contribution in [0.1, 0.15) is 39.0 Å². The van der Waals surface area contributed by atoms with Crippen LogP contribution in [0.15, 0.2) is 24.3 Å². The van der Waals surface area contributed by atoms with Gasteiger partial charge in [0.15, 0.2) is 0 Å². The van der Waals surface area contributed by atoms with Gasteiger partial charge in [0.25, 0.3) is 0 Å². The average molecular weight is 373 g/mol. The molecule has 1 atom stereocenters. The van der Waals surface area contributed by atoms with Crippen molar-refractivity contribution in [2.24, 2.45) is 5.92 Å². The fourth-order valence-electron chi connectivity index (χ4n) is 3.81. The molecule has 1 aliphatic carbocycles. The normalized spacial score (nSPS) is 20.0. The summed E-state index contributed by atoms with van der Waals surface area (Å²) in [5, 5.41) is 2.88. The zero-order valence-electron chi connectivity index (χ0n) is 15.9. The smallest absolute Gasteiger partial charge is 0.413 e. The highest BCUT2D eigenvalue weighted by Crippen LogP contribution is 2.30. The van der Waals surface area contributed by atoms with E-state index in [1.54, 1.807) is 38.2 Å². The molecule has 0 radical (unpaired) electrons. The fourth-order valence-corrected chi connectivity index (χ4v) is 3.81. The second-order valence-corrected chi connectivity index (χ2v) is 7.18. The summed E-state index contributed by atoms with van der Waals surface area (Å²) in [5.74, 6) is -0.344. The first-order valence-electron chi connectivity index (χ1n) is 9.60. The Hall–Kier alpha value is -2.57. The van der Waals surface area contributed by atoms with E-state index in [0.29, 0.717) is 30.6 Å². The summed E-state index contributed by atoms with van der Waals surface area (Å²) < 4.78 is 4.96. The van der Waals surface area contributed by atoms with Crippen molar-refractivity contribution in [2.75, 3.05) is 30.4 Å².